The Morgan fingerprint density at radius 1 is 1.38 bits per heavy atom. The second-order valence-corrected chi connectivity index (χ2v) is 7.93. The Kier molecular flexibility index (Phi) is 6.85. The van der Waals surface area contributed by atoms with Gasteiger partial charge in [-0.05, 0) is 33.8 Å². The minimum atomic E-state index is -0.405. The van der Waals surface area contributed by atoms with E-state index in [0.717, 1.165) is 4.88 Å². The van der Waals surface area contributed by atoms with Crippen LogP contribution in [0.1, 0.15) is 48.7 Å². The van der Waals surface area contributed by atoms with E-state index >= 15 is 0 Å². The van der Waals surface area contributed by atoms with Crippen molar-refractivity contribution in [2.45, 2.75) is 40.2 Å². The van der Waals surface area contributed by atoms with Crippen molar-refractivity contribution in [1.29, 1.82) is 0 Å². The third-order valence-corrected chi connectivity index (χ3v) is 4.08. The highest BCUT2D eigenvalue weighted by Crippen LogP contribution is 2.29. The highest BCUT2D eigenvalue weighted by atomic mass is 32.1. The molecule has 6 heteroatoms. The number of rotatable bonds is 5. The van der Waals surface area contributed by atoms with E-state index in [1.807, 2.05) is 33.8 Å². The van der Waals surface area contributed by atoms with Gasteiger partial charge < -0.3 is 15.0 Å². The summed E-state index contributed by atoms with van der Waals surface area (Å²) in [4.78, 5) is 26.6. The van der Waals surface area contributed by atoms with Crippen LogP contribution in [0.25, 0.3) is 0 Å². The number of amides is 1. The van der Waals surface area contributed by atoms with Crippen LogP contribution >= 0.6 is 11.3 Å². The molecule has 0 bridgehead atoms. The molecule has 1 aromatic rings. The van der Waals surface area contributed by atoms with E-state index in [0.29, 0.717) is 17.0 Å². The SMILES string of the molecule is COC(=O)c1sc(C#CC(C)(C)C)cc1NC(C)CC(=O)N(C)C. The molecule has 0 aliphatic rings. The second kappa shape index (κ2) is 8.20. The third-order valence-electron chi connectivity index (χ3n) is 3.05. The molecule has 1 unspecified atom stereocenters. The van der Waals surface area contributed by atoms with E-state index in [2.05, 4.69) is 17.2 Å². The predicted octanol–water partition coefficient (Wildman–Crippen LogP) is 3.21. The number of esters is 1. The van der Waals surface area contributed by atoms with Crippen molar-refractivity contribution in [2.24, 2.45) is 5.41 Å². The summed E-state index contributed by atoms with van der Waals surface area (Å²) in [5.41, 5.74) is 0.540. The molecule has 0 saturated heterocycles. The molecule has 132 valence electrons. The van der Waals surface area contributed by atoms with Crippen LogP contribution in [0.5, 0.6) is 0 Å². The lowest BCUT2D eigenvalue weighted by Crippen LogP contribution is -2.28. The minimum absolute atomic E-state index is 0.0256. The van der Waals surface area contributed by atoms with Crippen LogP contribution in [0.3, 0.4) is 0 Å². The van der Waals surface area contributed by atoms with Gasteiger partial charge in [0.15, 0.2) is 0 Å². The quantitative estimate of drug-likeness (QED) is 0.654. The Morgan fingerprint density at radius 2 is 2.00 bits per heavy atom. The monoisotopic (exact) mass is 350 g/mol. The maximum Gasteiger partial charge on any atom is 0.350 e. The van der Waals surface area contributed by atoms with Crippen molar-refractivity contribution in [3.05, 3.63) is 15.8 Å². The molecule has 1 heterocycles. The zero-order valence-corrected chi connectivity index (χ0v) is 16.3. The van der Waals surface area contributed by atoms with Crippen LogP contribution in [0.2, 0.25) is 0 Å². The number of hydrogen-bond acceptors (Lipinski definition) is 5. The number of thiophene rings is 1. The number of methoxy groups -OCH3 is 1. The Bertz CT molecular complexity index is 660. The zero-order chi connectivity index (χ0) is 18.5. The summed E-state index contributed by atoms with van der Waals surface area (Å²) in [6, 6.07) is 1.73. The maximum absolute atomic E-state index is 12.0. The van der Waals surface area contributed by atoms with Gasteiger partial charge in [-0.15, -0.1) is 11.3 Å². The molecule has 0 fully saturated rings. The van der Waals surface area contributed by atoms with E-state index in [1.165, 1.54) is 18.4 Å². The molecule has 0 aliphatic carbocycles. The third kappa shape index (κ3) is 6.25. The Labute approximate surface area is 148 Å². The van der Waals surface area contributed by atoms with Crippen LogP contribution in [0, 0.1) is 17.3 Å². The van der Waals surface area contributed by atoms with Gasteiger partial charge in [-0.3, -0.25) is 4.79 Å². The highest BCUT2D eigenvalue weighted by molar-refractivity contribution is 7.15. The molecular weight excluding hydrogens is 324 g/mol. The molecule has 0 aliphatic heterocycles. The lowest BCUT2D eigenvalue weighted by atomic mass is 9.98. The van der Waals surface area contributed by atoms with Gasteiger partial charge >= 0.3 is 5.97 Å². The molecule has 1 N–H and O–H groups in total. The molecule has 1 rings (SSSR count). The molecule has 0 spiro atoms. The summed E-state index contributed by atoms with van der Waals surface area (Å²) < 4.78 is 4.84. The molecule has 1 atom stereocenters. The minimum Gasteiger partial charge on any atom is -0.465 e. The first-order chi connectivity index (χ1) is 11.0. The Hall–Kier alpha value is -2.00. The van der Waals surface area contributed by atoms with Crippen molar-refractivity contribution >= 4 is 28.9 Å². The van der Waals surface area contributed by atoms with Gasteiger partial charge in [0.05, 0.1) is 17.7 Å². The molecule has 24 heavy (non-hydrogen) atoms. The van der Waals surface area contributed by atoms with Crippen LogP contribution in [0.4, 0.5) is 5.69 Å². The van der Waals surface area contributed by atoms with Gasteiger partial charge in [0.25, 0.3) is 0 Å². The van der Waals surface area contributed by atoms with Gasteiger partial charge in [0.2, 0.25) is 5.91 Å². The van der Waals surface area contributed by atoms with Crippen LogP contribution < -0.4 is 5.32 Å². The topological polar surface area (TPSA) is 58.6 Å². The molecule has 5 nitrogen and oxygen atoms in total. The Balaban J connectivity index is 3.02. The van der Waals surface area contributed by atoms with E-state index in [4.69, 9.17) is 4.74 Å². The first-order valence-electron chi connectivity index (χ1n) is 7.75. The van der Waals surface area contributed by atoms with Crippen molar-refractivity contribution in [2.75, 3.05) is 26.5 Å². The van der Waals surface area contributed by atoms with E-state index in [9.17, 15) is 9.59 Å². The highest BCUT2D eigenvalue weighted by Gasteiger charge is 2.19. The van der Waals surface area contributed by atoms with Crippen LogP contribution in [-0.2, 0) is 9.53 Å². The summed E-state index contributed by atoms with van der Waals surface area (Å²) >= 11 is 1.29. The smallest absolute Gasteiger partial charge is 0.350 e. The molecule has 1 amide bonds. The van der Waals surface area contributed by atoms with Gasteiger partial charge in [-0.2, -0.15) is 0 Å². The van der Waals surface area contributed by atoms with E-state index in [1.54, 1.807) is 19.0 Å². The standard InChI is InChI=1S/C18H26N2O3S/c1-12(10-15(21)20(5)6)19-14-11-13(8-9-18(2,3)4)24-16(14)17(22)23-7/h11-12,19H,10H2,1-7H3. The number of carbonyl (C=O) groups is 2. The Morgan fingerprint density at radius 3 is 2.50 bits per heavy atom. The fourth-order valence-electron chi connectivity index (χ4n) is 1.81. The summed E-state index contributed by atoms with van der Waals surface area (Å²) in [6.07, 6.45) is 0.340. The molecule has 0 aromatic carbocycles. The summed E-state index contributed by atoms with van der Waals surface area (Å²) in [5, 5.41) is 3.22. The number of anilines is 1. The average Bonchev–Trinajstić information content (AvgIpc) is 2.86. The van der Waals surface area contributed by atoms with E-state index in [-0.39, 0.29) is 17.4 Å². The first-order valence-corrected chi connectivity index (χ1v) is 8.57. The number of carbonyl (C=O) groups excluding carboxylic acids is 2. The lowest BCUT2D eigenvalue weighted by Gasteiger charge is -2.17. The number of nitrogens with zero attached hydrogens (tertiary/aromatic N) is 1. The summed E-state index contributed by atoms with van der Waals surface area (Å²) in [7, 11) is 4.80. The van der Waals surface area contributed by atoms with Gasteiger partial charge in [0, 0.05) is 32.0 Å². The fraction of sp³-hybridized carbons (Fsp3) is 0.556. The second-order valence-electron chi connectivity index (χ2n) is 6.88. The van der Waals surface area contributed by atoms with Gasteiger partial charge in [-0.1, -0.05) is 11.8 Å². The molecule has 0 radical (unpaired) electrons. The van der Waals surface area contributed by atoms with Crippen molar-refractivity contribution < 1.29 is 14.3 Å². The fourth-order valence-corrected chi connectivity index (χ4v) is 2.71. The molecule has 1 aromatic heterocycles. The number of ether oxygens (including phenoxy) is 1. The van der Waals surface area contributed by atoms with Crippen molar-refractivity contribution in [3.8, 4) is 11.8 Å². The van der Waals surface area contributed by atoms with Crippen molar-refractivity contribution in [3.63, 3.8) is 0 Å². The number of hydrogen-bond donors (Lipinski definition) is 1. The molecular formula is C18H26N2O3S. The summed E-state index contributed by atoms with van der Waals surface area (Å²) in [6.45, 7) is 8.00. The van der Waals surface area contributed by atoms with E-state index < -0.39 is 5.97 Å². The number of nitrogens with one attached hydrogen (secondary N) is 1. The normalized spacial score (nSPS) is 12.0. The maximum atomic E-state index is 12.0. The first kappa shape index (κ1) is 20.0. The van der Waals surface area contributed by atoms with Crippen LogP contribution in [-0.4, -0.2) is 44.0 Å². The predicted molar refractivity (Wildman–Crippen MR) is 98.4 cm³/mol. The molecule has 0 saturated carbocycles. The average molecular weight is 350 g/mol. The largest absolute Gasteiger partial charge is 0.465 e. The summed E-state index contributed by atoms with van der Waals surface area (Å²) in [5.74, 6) is 5.88. The van der Waals surface area contributed by atoms with Gasteiger partial charge in [0.1, 0.15) is 4.88 Å². The zero-order valence-electron chi connectivity index (χ0n) is 15.4. The van der Waals surface area contributed by atoms with Crippen LogP contribution in [0.15, 0.2) is 6.07 Å². The van der Waals surface area contributed by atoms with Gasteiger partial charge in [-0.25, -0.2) is 4.79 Å². The lowest BCUT2D eigenvalue weighted by molar-refractivity contribution is -0.128. The van der Waals surface area contributed by atoms with Crippen molar-refractivity contribution in [1.82, 2.24) is 4.90 Å².